The van der Waals surface area contributed by atoms with Crippen LogP contribution in [-0.2, 0) is 14.3 Å². The van der Waals surface area contributed by atoms with Gasteiger partial charge in [0.05, 0.1) is 13.2 Å². The Morgan fingerprint density at radius 3 is 2.56 bits per heavy atom. The zero-order valence-corrected chi connectivity index (χ0v) is 15.5. The van der Waals surface area contributed by atoms with E-state index < -0.39 is 0 Å². The SMILES string of the molecule is C=CC(=O)Nc1cccc(C(=O)NCC2(N3CCOCC3)CCOCC2)c1. The topological polar surface area (TPSA) is 79.9 Å². The van der Waals surface area contributed by atoms with E-state index in [0.29, 0.717) is 31.0 Å². The number of amides is 2. The summed E-state index contributed by atoms with van der Waals surface area (Å²) in [4.78, 5) is 26.6. The van der Waals surface area contributed by atoms with Crippen LogP contribution in [-0.4, -0.2) is 68.3 Å². The second-order valence-electron chi connectivity index (χ2n) is 6.89. The van der Waals surface area contributed by atoms with Crippen LogP contribution in [0.25, 0.3) is 0 Å². The van der Waals surface area contributed by atoms with Gasteiger partial charge in [-0.05, 0) is 37.1 Å². The fourth-order valence-corrected chi connectivity index (χ4v) is 3.67. The number of anilines is 1. The lowest BCUT2D eigenvalue weighted by molar-refractivity contribution is -0.111. The number of carbonyl (C=O) groups excluding carboxylic acids is 2. The van der Waals surface area contributed by atoms with Gasteiger partial charge in [-0.2, -0.15) is 0 Å². The maximum atomic E-state index is 12.7. The molecule has 2 N–H and O–H groups in total. The van der Waals surface area contributed by atoms with Crippen molar-refractivity contribution >= 4 is 17.5 Å². The summed E-state index contributed by atoms with van der Waals surface area (Å²) in [6, 6.07) is 6.90. The molecule has 27 heavy (non-hydrogen) atoms. The summed E-state index contributed by atoms with van der Waals surface area (Å²) in [6.45, 7) is 8.61. The molecule has 2 aliphatic rings. The number of hydrogen-bond acceptors (Lipinski definition) is 5. The molecule has 3 rings (SSSR count). The third-order valence-corrected chi connectivity index (χ3v) is 5.26. The Balaban J connectivity index is 1.66. The van der Waals surface area contributed by atoms with Crippen molar-refractivity contribution in [3.8, 4) is 0 Å². The fourth-order valence-electron chi connectivity index (χ4n) is 3.67. The van der Waals surface area contributed by atoms with E-state index in [1.54, 1.807) is 24.3 Å². The molecule has 0 saturated carbocycles. The lowest BCUT2D eigenvalue weighted by Gasteiger charge is -2.47. The van der Waals surface area contributed by atoms with Crippen molar-refractivity contribution in [3.63, 3.8) is 0 Å². The zero-order valence-electron chi connectivity index (χ0n) is 15.5. The van der Waals surface area contributed by atoms with Crippen LogP contribution in [0.15, 0.2) is 36.9 Å². The molecule has 0 spiro atoms. The van der Waals surface area contributed by atoms with Gasteiger partial charge < -0.3 is 20.1 Å². The average Bonchev–Trinajstić information content (AvgIpc) is 2.73. The molecule has 0 radical (unpaired) electrons. The van der Waals surface area contributed by atoms with Gasteiger partial charge in [-0.15, -0.1) is 0 Å². The Hall–Kier alpha value is -2.22. The van der Waals surface area contributed by atoms with Crippen LogP contribution in [0.3, 0.4) is 0 Å². The summed E-state index contributed by atoms with van der Waals surface area (Å²) in [5.74, 6) is -0.454. The first-order chi connectivity index (χ1) is 13.1. The molecule has 0 aliphatic carbocycles. The van der Waals surface area contributed by atoms with Crippen molar-refractivity contribution in [2.45, 2.75) is 18.4 Å². The van der Waals surface area contributed by atoms with Crippen LogP contribution in [0.5, 0.6) is 0 Å². The highest BCUT2D eigenvalue weighted by molar-refractivity contribution is 6.00. The second-order valence-corrected chi connectivity index (χ2v) is 6.89. The molecule has 0 bridgehead atoms. The Bertz CT molecular complexity index is 680. The van der Waals surface area contributed by atoms with E-state index in [0.717, 1.165) is 39.1 Å². The second kappa shape index (κ2) is 9.12. The highest BCUT2D eigenvalue weighted by Crippen LogP contribution is 2.28. The normalized spacial score (nSPS) is 19.9. The van der Waals surface area contributed by atoms with E-state index in [1.807, 2.05) is 0 Å². The largest absolute Gasteiger partial charge is 0.381 e. The quantitative estimate of drug-likeness (QED) is 0.738. The molecule has 146 valence electrons. The first-order valence-corrected chi connectivity index (χ1v) is 9.35. The summed E-state index contributed by atoms with van der Waals surface area (Å²) in [6.07, 6.45) is 2.98. The van der Waals surface area contributed by atoms with Gasteiger partial charge in [0.1, 0.15) is 0 Å². The van der Waals surface area contributed by atoms with Crippen molar-refractivity contribution < 1.29 is 19.1 Å². The molecule has 2 aliphatic heterocycles. The third kappa shape index (κ3) is 4.94. The molecule has 2 fully saturated rings. The Morgan fingerprint density at radius 1 is 1.15 bits per heavy atom. The highest BCUT2D eigenvalue weighted by atomic mass is 16.5. The van der Waals surface area contributed by atoms with Gasteiger partial charge >= 0.3 is 0 Å². The summed E-state index contributed by atoms with van der Waals surface area (Å²) in [5, 5.41) is 5.77. The lowest BCUT2D eigenvalue weighted by Crippen LogP contribution is -2.61. The fraction of sp³-hybridized carbons (Fsp3) is 0.500. The van der Waals surface area contributed by atoms with E-state index in [1.165, 1.54) is 6.08 Å². The standard InChI is InChI=1S/C20H27N3O4/c1-2-18(24)22-17-5-3-4-16(14-17)19(25)21-15-20(6-10-26-11-7-20)23-8-12-27-13-9-23/h2-5,14H,1,6-13,15H2,(H,21,25)(H,22,24). The van der Waals surface area contributed by atoms with Crippen LogP contribution in [0.1, 0.15) is 23.2 Å². The predicted octanol–water partition coefficient (Wildman–Crippen LogP) is 1.42. The van der Waals surface area contributed by atoms with Gasteiger partial charge in [-0.3, -0.25) is 14.5 Å². The van der Waals surface area contributed by atoms with E-state index in [9.17, 15) is 9.59 Å². The van der Waals surface area contributed by atoms with Crippen molar-refractivity contribution in [1.29, 1.82) is 0 Å². The van der Waals surface area contributed by atoms with E-state index in [4.69, 9.17) is 9.47 Å². The molecule has 0 aromatic heterocycles. The van der Waals surface area contributed by atoms with Crippen LogP contribution >= 0.6 is 0 Å². The molecule has 2 heterocycles. The van der Waals surface area contributed by atoms with Crippen molar-refractivity contribution in [3.05, 3.63) is 42.5 Å². The average molecular weight is 373 g/mol. The number of nitrogens with zero attached hydrogens (tertiary/aromatic N) is 1. The molecule has 2 amide bonds. The number of morpholine rings is 1. The molecule has 1 aromatic carbocycles. The first-order valence-electron chi connectivity index (χ1n) is 9.35. The van der Waals surface area contributed by atoms with Crippen molar-refractivity contribution in [2.75, 3.05) is 51.4 Å². The molecule has 2 saturated heterocycles. The first kappa shape index (κ1) is 19.5. The summed E-state index contributed by atoms with van der Waals surface area (Å²) in [7, 11) is 0. The van der Waals surface area contributed by atoms with Crippen molar-refractivity contribution in [2.24, 2.45) is 0 Å². The number of nitrogens with one attached hydrogen (secondary N) is 2. The molecule has 0 atom stereocenters. The van der Waals surface area contributed by atoms with Gasteiger partial charge in [0.25, 0.3) is 5.91 Å². The van der Waals surface area contributed by atoms with Crippen LogP contribution < -0.4 is 10.6 Å². The van der Waals surface area contributed by atoms with Gasteiger partial charge in [0.15, 0.2) is 0 Å². The molecule has 1 aromatic rings. The molecule has 7 heteroatoms. The third-order valence-electron chi connectivity index (χ3n) is 5.26. The monoisotopic (exact) mass is 373 g/mol. The van der Waals surface area contributed by atoms with Gasteiger partial charge in [0.2, 0.25) is 5.91 Å². The van der Waals surface area contributed by atoms with Gasteiger partial charge in [0, 0.05) is 49.6 Å². The lowest BCUT2D eigenvalue weighted by atomic mass is 9.87. The minimum absolute atomic E-state index is 0.0909. The van der Waals surface area contributed by atoms with E-state index >= 15 is 0 Å². The maximum absolute atomic E-state index is 12.7. The summed E-state index contributed by atoms with van der Waals surface area (Å²) in [5.41, 5.74) is 0.995. The van der Waals surface area contributed by atoms with E-state index in [-0.39, 0.29) is 17.4 Å². The van der Waals surface area contributed by atoms with Gasteiger partial charge in [-0.25, -0.2) is 0 Å². The summed E-state index contributed by atoms with van der Waals surface area (Å²) >= 11 is 0. The predicted molar refractivity (Wildman–Crippen MR) is 103 cm³/mol. The molecular weight excluding hydrogens is 346 g/mol. The Morgan fingerprint density at radius 2 is 1.85 bits per heavy atom. The molecule has 0 unspecified atom stereocenters. The van der Waals surface area contributed by atoms with Crippen molar-refractivity contribution in [1.82, 2.24) is 10.2 Å². The Labute approximate surface area is 159 Å². The number of rotatable bonds is 6. The van der Waals surface area contributed by atoms with Crippen LogP contribution in [0.2, 0.25) is 0 Å². The number of hydrogen-bond donors (Lipinski definition) is 2. The molecule has 7 nitrogen and oxygen atoms in total. The Kier molecular flexibility index (Phi) is 6.60. The zero-order chi connectivity index (χ0) is 19.1. The molecular formula is C20H27N3O4. The summed E-state index contributed by atoms with van der Waals surface area (Å²) < 4.78 is 11.0. The number of ether oxygens (including phenoxy) is 2. The van der Waals surface area contributed by atoms with Crippen LogP contribution in [0, 0.1) is 0 Å². The maximum Gasteiger partial charge on any atom is 0.251 e. The number of benzene rings is 1. The van der Waals surface area contributed by atoms with E-state index in [2.05, 4.69) is 22.1 Å². The van der Waals surface area contributed by atoms with Gasteiger partial charge in [-0.1, -0.05) is 12.6 Å². The smallest absolute Gasteiger partial charge is 0.251 e. The highest BCUT2D eigenvalue weighted by Gasteiger charge is 2.39. The number of carbonyl (C=O) groups is 2. The van der Waals surface area contributed by atoms with Crippen LogP contribution in [0.4, 0.5) is 5.69 Å². The minimum atomic E-state index is -0.305. The minimum Gasteiger partial charge on any atom is -0.381 e.